The van der Waals surface area contributed by atoms with Crippen LogP contribution in [0.5, 0.6) is 0 Å². The average Bonchev–Trinajstić information content (AvgIpc) is 2.57. The molecule has 0 aliphatic heterocycles. The first-order valence-electron chi connectivity index (χ1n) is 7.02. The van der Waals surface area contributed by atoms with Crippen molar-refractivity contribution in [2.45, 2.75) is 4.90 Å². The predicted molar refractivity (Wildman–Crippen MR) is 100 cm³/mol. The molecule has 0 radical (unpaired) electrons. The first kappa shape index (κ1) is 24.9. The molecule has 3 rings (SSSR count). The fourth-order valence-corrected chi connectivity index (χ4v) is 5.32. The van der Waals surface area contributed by atoms with Crippen LogP contribution in [0, 0.1) is 0 Å². The maximum atomic E-state index is 11.3. The predicted octanol–water partition coefficient (Wildman–Crippen LogP) is -2.30. The zero-order valence-corrected chi connectivity index (χ0v) is 17.9. The maximum absolute atomic E-state index is 11.3. The Morgan fingerprint density at radius 3 is 1.50 bits per heavy atom. The van der Waals surface area contributed by atoms with Crippen LogP contribution in [0.2, 0.25) is 0 Å². The van der Waals surface area contributed by atoms with Crippen molar-refractivity contribution >= 4 is 34.0 Å². The molecule has 0 aromatic heterocycles. The van der Waals surface area contributed by atoms with Crippen LogP contribution < -0.4 is 45.5 Å². The molecule has 0 aliphatic rings. The smallest absolute Gasteiger partial charge is 0.744 e. The molecule has 0 aliphatic carbocycles. The van der Waals surface area contributed by atoms with E-state index in [9.17, 15) is 13.0 Å². The van der Waals surface area contributed by atoms with E-state index in [4.69, 9.17) is 0 Å². The summed E-state index contributed by atoms with van der Waals surface area (Å²) in [6.07, 6.45) is 0. The summed E-state index contributed by atoms with van der Waals surface area (Å²) >= 11 is 0. The molecule has 0 amide bonds. The van der Waals surface area contributed by atoms with Crippen LogP contribution in [-0.4, -0.2) is 23.9 Å². The zero-order valence-electron chi connectivity index (χ0n) is 14.2. The third kappa shape index (κ3) is 5.98. The Hall–Kier alpha value is -1.08. The maximum Gasteiger partial charge on any atom is 1.00 e. The number of benzene rings is 3. The molecular weight excluding hydrogens is 382 g/mol. The van der Waals surface area contributed by atoms with Crippen molar-refractivity contribution in [3.8, 4) is 0 Å². The Labute approximate surface area is 176 Å². The summed E-state index contributed by atoms with van der Waals surface area (Å²) in [5, 5.41) is 3.05. The minimum Gasteiger partial charge on any atom is -0.744 e. The van der Waals surface area contributed by atoms with Gasteiger partial charge in [0, 0.05) is 0 Å². The minimum atomic E-state index is -4.46. The Bertz CT molecular complexity index is 866. The second-order valence-corrected chi connectivity index (χ2v) is 8.56. The van der Waals surface area contributed by atoms with Crippen molar-refractivity contribution in [1.29, 1.82) is 0 Å². The van der Waals surface area contributed by atoms with Gasteiger partial charge in [-0.15, -0.1) is 0 Å². The first-order valence-corrected chi connectivity index (χ1v) is 9.77. The van der Waals surface area contributed by atoms with E-state index in [0.717, 1.165) is 15.9 Å². The van der Waals surface area contributed by atoms with Crippen LogP contribution in [0.3, 0.4) is 0 Å². The van der Waals surface area contributed by atoms with Gasteiger partial charge in [0.2, 0.25) is 0 Å². The Morgan fingerprint density at radius 2 is 1.08 bits per heavy atom. The summed E-state index contributed by atoms with van der Waals surface area (Å²) in [6, 6.07) is 26.2. The molecule has 0 unspecified atom stereocenters. The Morgan fingerprint density at radius 1 is 0.654 bits per heavy atom. The van der Waals surface area contributed by atoms with E-state index in [2.05, 4.69) is 0 Å². The minimum absolute atomic E-state index is 0. The third-order valence-electron chi connectivity index (χ3n) is 3.39. The van der Waals surface area contributed by atoms with Gasteiger partial charge < -0.3 is 15.5 Å². The number of rotatable bonds is 4. The van der Waals surface area contributed by atoms with Gasteiger partial charge in [-0.2, -0.15) is 0 Å². The normalized spacial score (nSPS) is 10.2. The van der Waals surface area contributed by atoms with E-state index >= 15 is 0 Å². The quantitative estimate of drug-likeness (QED) is 0.278. The number of hydrogen-bond donors (Lipinski definition) is 0. The van der Waals surface area contributed by atoms with Gasteiger partial charge in [0.05, 0.1) is 4.90 Å². The fourth-order valence-electron chi connectivity index (χ4n) is 2.38. The van der Waals surface area contributed by atoms with Gasteiger partial charge in [0.25, 0.3) is 0 Å². The molecule has 3 aromatic rings. The largest absolute Gasteiger partial charge is 1.00 e. The summed E-state index contributed by atoms with van der Waals surface area (Å²) in [5.41, 5.74) is 0. The zero-order chi connectivity index (χ0) is 16.3. The topological polar surface area (TPSA) is 120 Å². The number of hydrogen-bond acceptors (Lipinski definition) is 3. The van der Waals surface area contributed by atoms with Gasteiger partial charge in [-0.1, -0.05) is 72.8 Å². The van der Waals surface area contributed by atoms with Gasteiger partial charge in [0.1, 0.15) is 10.1 Å². The molecule has 0 spiro atoms. The average molecular weight is 400 g/mol. The van der Waals surface area contributed by atoms with Crippen LogP contribution in [0.4, 0.5) is 0 Å². The third-order valence-corrected chi connectivity index (χ3v) is 6.65. The van der Waals surface area contributed by atoms with Crippen molar-refractivity contribution < 1.29 is 53.5 Å². The fraction of sp³-hybridized carbons (Fsp3) is 0. The van der Waals surface area contributed by atoms with E-state index in [1.54, 1.807) is 6.07 Å². The summed E-state index contributed by atoms with van der Waals surface area (Å²) < 4.78 is 34.0. The van der Waals surface area contributed by atoms with E-state index in [1.807, 2.05) is 66.7 Å². The molecule has 0 fully saturated rings. The summed E-state index contributed by atoms with van der Waals surface area (Å²) in [4.78, 5) is -0.186. The monoisotopic (exact) mass is 400 g/mol. The van der Waals surface area contributed by atoms with Gasteiger partial charge in [-0.05, 0) is 36.0 Å². The SMILES string of the molecule is O.O.O=S(=O)([O-])c1cccc(P(c2ccccc2)c2ccccc2)c1.[Na+]. The van der Waals surface area contributed by atoms with Crippen LogP contribution >= 0.6 is 7.92 Å². The molecule has 8 heteroatoms. The first-order chi connectivity index (χ1) is 11.1. The molecule has 0 bridgehead atoms. The van der Waals surface area contributed by atoms with Crippen molar-refractivity contribution in [2.24, 2.45) is 0 Å². The van der Waals surface area contributed by atoms with Crippen LogP contribution in [0.15, 0.2) is 89.8 Å². The molecular formula is C18H18NaO5PS. The molecule has 0 saturated heterocycles. The van der Waals surface area contributed by atoms with Gasteiger partial charge >= 0.3 is 29.6 Å². The molecule has 0 atom stereocenters. The second kappa shape index (κ2) is 10.9. The van der Waals surface area contributed by atoms with Crippen LogP contribution in [0.1, 0.15) is 0 Å². The van der Waals surface area contributed by atoms with E-state index in [0.29, 0.717) is 0 Å². The summed E-state index contributed by atoms with van der Waals surface area (Å²) in [6.45, 7) is 0. The van der Waals surface area contributed by atoms with E-state index in [1.165, 1.54) is 12.1 Å². The Balaban J connectivity index is 0.00000208. The molecule has 26 heavy (non-hydrogen) atoms. The Kier molecular flexibility index (Phi) is 10.5. The van der Waals surface area contributed by atoms with Crippen molar-refractivity contribution in [2.75, 3.05) is 0 Å². The van der Waals surface area contributed by atoms with Crippen molar-refractivity contribution in [3.05, 3.63) is 84.9 Å². The second-order valence-electron chi connectivity index (χ2n) is 4.96. The molecule has 5 nitrogen and oxygen atoms in total. The van der Waals surface area contributed by atoms with E-state index < -0.39 is 18.0 Å². The molecule has 3 aromatic carbocycles. The van der Waals surface area contributed by atoms with Crippen LogP contribution in [0.25, 0.3) is 0 Å². The molecule has 4 N–H and O–H groups in total. The van der Waals surface area contributed by atoms with Crippen molar-refractivity contribution in [3.63, 3.8) is 0 Å². The molecule has 132 valence electrons. The summed E-state index contributed by atoms with van der Waals surface area (Å²) in [7, 11) is -5.38. The van der Waals surface area contributed by atoms with Crippen molar-refractivity contribution in [1.82, 2.24) is 0 Å². The van der Waals surface area contributed by atoms with Gasteiger partial charge in [-0.3, -0.25) is 0 Å². The van der Waals surface area contributed by atoms with Crippen LogP contribution in [-0.2, 0) is 10.1 Å². The van der Waals surface area contributed by atoms with Gasteiger partial charge in [-0.25, -0.2) is 8.42 Å². The standard InChI is InChI=1S/C18H15O3PS.Na.2H2O/c19-23(20,21)18-13-7-12-17(14-18)22(15-8-3-1-4-9-15)16-10-5-2-6-11-16;;;/h1-14H,(H,19,20,21);;2*1H2/q;+1;;/p-1. The van der Waals surface area contributed by atoms with Gasteiger partial charge in [0.15, 0.2) is 0 Å². The molecule has 0 saturated carbocycles. The summed E-state index contributed by atoms with van der Waals surface area (Å²) in [5.74, 6) is 0. The van der Waals surface area contributed by atoms with E-state index in [-0.39, 0.29) is 45.4 Å². The molecule has 0 heterocycles.